The average Bonchev–Trinajstić information content (AvgIpc) is 3.00. The van der Waals surface area contributed by atoms with Gasteiger partial charge in [-0.3, -0.25) is 9.59 Å². The highest BCUT2D eigenvalue weighted by Gasteiger charge is 2.53. The molecule has 1 aliphatic carbocycles. The highest BCUT2D eigenvalue weighted by Crippen LogP contribution is 2.46. The molecule has 1 spiro atoms. The summed E-state index contributed by atoms with van der Waals surface area (Å²) in [5.74, 6) is -0.856. The second-order valence-corrected chi connectivity index (χ2v) is 5.88. The lowest BCUT2D eigenvalue weighted by Crippen LogP contribution is -2.39. The second-order valence-electron chi connectivity index (χ2n) is 5.47. The van der Waals surface area contributed by atoms with E-state index in [2.05, 4.69) is 5.32 Å². The number of anilines is 1. The summed E-state index contributed by atoms with van der Waals surface area (Å²) >= 11 is 6.04. The van der Waals surface area contributed by atoms with E-state index in [0.717, 1.165) is 25.7 Å². The molecule has 0 aromatic heterocycles. The summed E-state index contributed by atoms with van der Waals surface area (Å²) in [6.45, 7) is 0. The number of hydrogen-bond acceptors (Lipinski definition) is 3. The van der Waals surface area contributed by atoms with Crippen molar-refractivity contribution in [2.24, 2.45) is 5.92 Å². The van der Waals surface area contributed by atoms with Gasteiger partial charge in [0, 0.05) is 0 Å². The maximum absolute atomic E-state index is 12.5. The minimum atomic E-state index is -0.581. The quantitative estimate of drug-likeness (QED) is 0.852. The van der Waals surface area contributed by atoms with Crippen molar-refractivity contribution in [1.82, 2.24) is 0 Å². The lowest BCUT2D eigenvalue weighted by Gasteiger charge is -2.28. The van der Waals surface area contributed by atoms with Crippen LogP contribution in [-0.4, -0.2) is 17.5 Å². The molecule has 1 aromatic carbocycles. The number of rotatable bonds is 2. The van der Waals surface area contributed by atoms with Crippen LogP contribution in [0, 0.1) is 5.92 Å². The largest absolute Gasteiger partial charge is 0.458 e. The summed E-state index contributed by atoms with van der Waals surface area (Å²) in [6, 6.07) is 7.08. The maximum Gasteiger partial charge on any atom is 0.307 e. The Balaban J connectivity index is 1.80. The number of hydrogen-bond donors (Lipinski definition) is 1. The summed E-state index contributed by atoms with van der Waals surface area (Å²) in [5.41, 5.74) is -0.00532. The van der Waals surface area contributed by atoms with E-state index in [4.69, 9.17) is 16.3 Å². The van der Waals surface area contributed by atoms with Crippen molar-refractivity contribution in [3.8, 4) is 0 Å². The lowest BCUT2D eigenvalue weighted by molar-refractivity contribution is -0.149. The van der Waals surface area contributed by atoms with Gasteiger partial charge >= 0.3 is 5.97 Å². The summed E-state index contributed by atoms with van der Waals surface area (Å²) in [4.78, 5) is 24.1. The van der Waals surface area contributed by atoms with Gasteiger partial charge in [0.25, 0.3) is 0 Å². The van der Waals surface area contributed by atoms with Gasteiger partial charge in [0.1, 0.15) is 5.60 Å². The molecule has 1 aliphatic heterocycles. The van der Waals surface area contributed by atoms with Gasteiger partial charge in [0.15, 0.2) is 0 Å². The minimum Gasteiger partial charge on any atom is -0.458 e. The molecule has 1 N–H and O–H groups in total. The van der Waals surface area contributed by atoms with E-state index in [1.807, 2.05) is 6.07 Å². The SMILES string of the molecule is O=C1C[C@@H](C(=O)Nc2ccccc2Cl)C2(CCCC2)O1. The van der Waals surface area contributed by atoms with E-state index in [-0.39, 0.29) is 18.3 Å². The Bertz CT molecular complexity index is 552. The van der Waals surface area contributed by atoms with E-state index in [9.17, 15) is 9.59 Å². The number of ether oxygens (including phenoxy) is 1. The van der Waals surface area contributed by atoms with Crippen molar-refractivity contribution in [3.05, 3.63) is 29.3 Å². The van der Waals surface area contributed by atoms with E-state index in [0.29, 0.717) is 10.7 Å². The van der Waals surface area contributed by atoms with Crippen LogP contribution >= 0.6 is 11.6 Å². The number of esters is 1. The molecule has 1 amide bonds. The molecule has 4 nitrogen and oxygen atoms in total. The van der Waals surface area contributed by atoms with Crippen LogP contribution in [0.1, 0.15) is 32.1 Å². The molecular formula is C15H16ClNO3. The van der Waals surface area contributed by atoms with Crippen LogP contribution in [0.4, 0.5) is 5.69 Å². The molecule has 20 heavy (non-hydrogen) atoms. The maximum atomic E-state index is 12.5. The Morgan fingerprint density at radius 3 is 2.70 bits per heavy atom. The molecule has 0 radical (unpaired) electrons. The number of para-hydroxylation sites is 1. The van der Waals surface area contributed by atoms with E-state index >= 15 is 0 Å². The molecule has 1 saturated carbocycles. The van der Waals surface area contributed by atoms with Gasteiger partial charge in [-0.2, -0.15) is 0 Å². The second kappa shape index (κ2) is 5.09. The molecule has 1 aromatic rings. The van der Waals surface area contributed by atoms with Gasteiger partial charge in [-0.05, 0) is 37.8 Å². The van der Waals surface area contributed by atoms with Crippen LogP contribution in [0.3, 0.4) is 0 Å². The first-order valence-electron chi connectivity index (χ1n) is 6.88. The van der Waals surface area contributed by atoms with Crippen LogP contribution in [0.25, 0.3) is 0 Å². The number of halogens is 1. The van der Waals surface area contributed by atoms with Gasteiger partial charge < -0.3 is 10.1 Å². The van der Waals surface area contributed by atoms with Gasteiger partial charge in [-0.1, -0.05) is 23.7 Å². The molecule has 1 atom stereocenters. The average molecular weight is 294 g/mol. The van der Waals surface area contributed by atoms with Crippen LogP contribution in [-0.2, 0) is 14.3 Å². The van der Waals surface area contributed by atoms with Crippen molar-refractivity contribution >= 4 is 29.2 Å². The first-order valence-corrected chi connectivity index (χ1v) is 7.26. The molecule has 1 saturated heterocycles. The van der Waals surface area contributed by atoms with Crippen molar-refractivity contribution in [2.75, 3.05) is 5.32 Å². The molecule has 2 fully saturated rings. The van der Waals surface area contributed by atoms with E-state index in [1.54, 1.807) is 18.2 Å². The minimum absolute atomic E-state index is 0.163. The standard InChI is InChI=1S/C15H16ClNO3/c16-11-5-1-2-6-12(11)17-14(19)10-9-13(18)20-15(10)7-3-4-8-15/h1-2,5-6,10H,3-4,7-9H2,(H,17,19)/t10-/m0/s1. The number of benzene rings is 1. The van der Waals surface area contributed by atoms with Gasteiger partial charge in [0.2, 0.25) is 5.91 Å². The van der Waals surface area contributed by atoms with Crippen molar-refractivity contribution in [2.45, 2.75) is 37.7 Å². The van der Waals surface area contributed by atoms with Crippen LogP contribution in [0.2, 0.25) is 5.02 Å². The molecule has 0 bridgehead atoms. The Hall–Kier alpha value is -1.55. The molecule has 2 aliphatic rings. The van der Waals surface area contributed by atoms with Gasteiger partial charge in [-0.25, -0.2) is 0 Å². The van der Waals surface area contributed by atoms with Crippen molar-refractivity contribution in [3.63, 3.8) is 0 Å². The number of amides is 1. The Kier molecular flexibility index (Phi) is 3.42. The zero-order valence-electron chi connectivity index (χ0n) is 11.0. The van der Waals surface area contributed by atoms with Crippen LogP contribution in [0.15, 0.2) is 24.3 Å². The fourth-order valence-corrected chi connectivity index (χ4v) is 3.41. The van der Waals surface area contributed by atoms with Gasteiger partial charge in [-0.15, -0.1) is 0 Å². The Morgan fingerprint density at radius 2 is 2.00 bits per heavy atom. The Labute approximate surface area is 122 Å². The summed E-state index contributed by atoms with van der Waals surface area (Å²) in [5, 5.41) is 3.31. The van der Waals surface area contributed by atoms with Crippen molar-refractivity contribution in [1.29, 1.82) is 0 Å². The van der Waals surface area contributed by atoms with E-state index in [1.165, 1.54) is 0 Å². The van der Waals surface area contributed by atoms with Gasteiger partial charge in [0.05, 0.1) is 23.0 Å². The topological polar surface area (TPSA) is 55.4 Å². The molecule has 3 rings (SSSR count). The fraction of sp³-hybridized carbons (Fsp3) is 0.467. The third kappa shape index (κ3) is 2.29. The van der Waals surface area contributed by atoms with Crippen LogP contribution < -0.4 is 5.32 Å². The summed E-state index contributed by atoms with van der Waals surface area (Å²) in [6.07, 6.45) is 3.72. The number of nitrogens with one attached hydrogen (secondary N) is 1. The predicted octanol–water partition coefficient (Wildman–Crippen LogP) is 3.15. The molecule has 0 unspecified atom stereocenters. The Morgan fingerprint density at radius 1 is 1.30 bits per heavy atom. The first-order chi connectivity index (χ1) is 9.61. The van der Waals surface area contributed by atoms with E-state index < -0.39 is 11.5 Å². The normalized spacial score (nSPS) is 23.9. The smallest absolute Gasteiger partial charge is 0.307 e. The highest BCUT2D eigenvalue weighted by atomic mass is 35.5. The summed E-state index contributed by atoms with van der Waals surface area (Å²) < 4.78 is 5.48. The zero-order valence-corrected chi connectivity index (χ0v) is 11.8. The van der Waals surface area contributed by atoms with Crippen molar-refractivity contribution < 1.29 is 14.3 Å². The zero-order chi connectivity index (χ0) is 14.2. The lowest BCUT2D eigenvalue weighted by atomic mass is 9.85. The predicted molar refractivity (Wildman–Crippen MR) is 75.5 cm³/mol. The van der Waals surface area contributed by atoms with Crippen LogP contribution in [0.5, 0.6) is 0 Å². The molecule has 106 valence electrons. The summed E-state index contributed by atoms with van der Waals surface area (Å²) in [7, 11) is 0. The third-order valence-corrected chi connectivity index (χ3v) is 4.55. The third-order valence-electron chi connectivity index (χ3n) is 4.22. The molecule has 1 heterocycles. The molecular weight excluding hydrogens is 278 g/mol. The number of carbonyl (C=O) groups excluding carboxylic acids is 2. The monoisotopic (exact) mass is 293 g/mol. The first kappa shape index (κ1) is 13.4. The molecule has 5 heteroatoms. The number of carbonyl (C=O) groups is 2. The highest BCUT2D eigenvalue weighted by molar-refractivity contribution is 6.33. The fourth-order valence-electron chi connectivity index (χ4n) is 3.23.